The topological polar surface area (TPSA) is 78.3 Å². The highest BCUT2D eigenvalue weighted by molar-refractivity contribution is 5.95. The molecule has 1 aromatic carbocycles. The Morgan fingerprint density at radius 1 is 1.25 bits per heavy atom. The molecule has 0 radical (unpaired) electrons. The van der Waals surface area contributed by atoms with Gasteiger partial charge in [0.1, 0.15) is 5.82 Å². The molecule has 0 atom stereocenters. The van der Waals surface area contributed by atoms with E-state index in [4.69, 9.17) is 16.2 Å². The van der Waals surface area contributed by atoms with Crippen molar-refractivity contribution in [3.05, 3.63) is 29.3 Å². The van der Waals surface area contributed by atoms with Crippen LogP contribution in [0.15, 0.2) is 12.1 Å². The Labute approximate surface area is 115 Å². The molecule has 2 aliphatic rings. The summed E-state index contributed by atoms with van der Waals surface area (Å²) in [6, 6.07) is 1.84. The molecular weight excluding hydrogens is 266 g/mol. The van der Waals surface area contributed by atoms with Crippen LogP contribution in [0.25, 0.3) is 0 Å². The fourth-order valence-electron chi connectivity index (χ4n) is 3.41. The van der Waals surface area contributed by atoms with Crippen LogP contribution in [0.2, 0.25) is 0 Å². The van der Waals surface area contributed by atoms with E-state index in [1.165, 1.54) is 0 Å². The molecule has 108 valence electrons. The summed E-state index contributed by atoms with van der Waals surface area (Å²) in [7, 11) is 0. The van der Waals surface area contributed by atoms with Gasteiger partial charge in [-0.25, -0.2) is 8.78 Å². The third-order valence-corrected chi connectivity index (χ3v) is 4.27. The Hall–Kier alpha value is -1.69. The second-order valence-electron chi connectivity index (χ2n) is 5.94. The van der Waals surface area contributed by atoms with Crippen LogP contribution in [-0.4, -0.2) is 18.1 Å². The Morgan fingerprint density at radius 2 is 1.90 bits per heavy atom. The number of carbonyl (C=O) groups is 1. The summed E-state index contributed by atoms with van der Waals surface area (Å²) < 4.78 is 32.4. The predicted molar refractivity (Wildman–Crippen MR) is 68.2 cm³/mol. The number of nitrogens with two attached hydrogens (primary N) is 2. The van der Waals surface area contributed by atoms with Gasteiger partial charge in [0.15, 0.2) is 11.6 Å². The minimum Gasteiger partial charge on any atom is -0.486 e. The van der Waals surface area contributed by atoms with Crippen LogP contribution >= 0.6 is 0 Å². The van der Waals surface area contributed by atoms with Crippen molar-refractivity contribution in [3.63, 3.8) is 0 Å². The van der Waals surface area contributed by atoms with Crippen molar-refractivity contribution in [1.29, 1.82) is 0 Å². The first-order chi connectivity index (χ1) is 9.38. The average Bonchev–Trinajstić information content (AvgIpc) is 2.26. The van der Waals surface area contributed by atoms with Gasteiger partial charge in [0.2, 0.25) is 0 Å². The van der Waals surface area contributed by atoms with Gasteiger partial charge in [-0.15, -0.1) is 0 Å². The van der Waals surface area contributed by atoms with E-state index in [1.54, 1.807) is 0 Å². The van der Waals surface area contributed by atoms with Crippen LogP contribution in [0.3, 0.4) is 0 Å². The lowest BCUT2D eigenvalue weighted by Gasteiger charge is -2.56. The van der Waals surface area contributed by atoms with Crippen LogP contribution in [0, 0.1) is 17.0 Å². The zero-order chi connectivity index (χ0) is 14.5. The van der Waals surface area contributed by atoms with Crippen molar-refractivity contribution in [1.82, 2.24) is 0 Å². The zero-order valence-electron chi connectivity index (χ0n) is 10.9. The lowest BCUT2D eigenvalue weighted by molar-refractivity contribution is -0.0793. The lowest BCUT2D eigenvalue weighted by atomic mass is 9.53. The Balaban J connectivity index is 1.74. The van der Waals surface area contributed by atoms with E-state index in [2.05, 4.69) is 0 Å². The smallest absolute Gasteiger partial charge is 0.252 e. The largest absolute Gasteiger partial charge is 0.486 e. The van der Waals surface area contributed by atoms with Gasteiger partial charge < -0.3 is 16.2 Å². The second kappa shape index (κ2) is 4.41. The molecule has 1 aromatic rings. The van der Waals surface area contributed by atoms with Crippen molar-refractivity contribution in [2.45, 2.75) is 37.8 Å². The van der Waals surface area contributed by atoms with Crippen LogP contribution in [0.1, 0.15) is 36.0 Å². The fourth-order valence-corrected chi connectivity index (χ4v) is 3.41. The van der Waals surface area contributed by atoms with Crippen LogP contribution in [-0.2, 0) is 0 Å². The molecule has 0 bridgehead atoms. The second-order valence-corrected chi connectivity index (χ2v) is 5.94. The Kier molecular flexibility index (Phi) is 2.93. The molecule has 0 aromatic heterocycles. The molecule has 0 unspecified atom stereocenters. The monoisotopic (exact) mass is 282 g/mol. The molecule has 2 aliphatic carbocycles. The molecule has 3 rings (SSSR count). The van der Waals surface area contributed by atoms with Crippen LogP contribution in [0.5, 0.6) is 5.75 Å². The summed E-state index contributed by atoms with van der Waals surface area (Å²) in [5.74, 6) is -2.90. The number of ether oxygens (including phenoxy) is 1. The molecule has 20 heavy (non-hydrogen) atoms. The molecule has 4 nitrogen and oxygen atoms in total. The molecule has 0 aliphatic heterocycles. The Bertz CT molecular complexity index is 563. The van der Waals surface area contributed by atoms with E-state index in [9.17, 15) is 13.6 Å². The van der Waals surface area contributed by atoms with Crippen molar-refractivity contribution in [2.75, 3.05) is 0 Å². The van der Waals surface area contributed by atoms with Gasteiger partial charge in [-0.05, 0) is 37.2 Å². The van der Waals surface area contributed by atoms with Crippen molar-refractivity contribution >= 4 is 5.91 Å². The summed E-state index contributed by atoms with van der Waals surface area (Å²) in [5.41, 5.74) is 10.9. The molecule has 1 spiro atoms. The van der Waals surface area contributed by atoms with Gasteiger partial charge in [0.25, 0.3) is 5.91 Å². The number of hydrogen-bond donors (Lipinski definition) is 2. The fraction of sp³-hybridized carbons (Fsp3) is 0.500. The van der Waals surface area contributed by atoms with Crippen molar-refractivity contribution in [3.8, 4) is 5.75 Å². The average molecular weight is 282 g/mol. The quantitative estimate of drug-likeness (QED) is 0.886. The van der Waals surface area contributed by atoms with Gasteiger partial charge >= 0.3 is 0 Å². The van der Waals surface area contributed by atoms with E-state index in [-0.39, 0.29) is 28.9 Å². The maximum atomic E-state index is 13.7. The molecule has 2 fully saturated rings. The highest BCUT2D eigenvalue weighted by Crippen LogP contribution is 2.56. The SMILES string of the molecule is NC(=O)c1cc(F)cc(F)c1OC1CC2(CC(N)C2)C1. The van der Waals surface area contributed by atoms with E-state index in [1.807, 2.05) is 0 Å². The van der Waals surface area contributed by atoms with Crippen molar-refractivity contribution in [2.24, 2.45) is 16.9 Å². The molecule has 0 heterocycles. The van der Waals surface area contributed by atoms with E-state index >= 15 is 0 Å². The number of amides is 1. The summed E-state index contributed by atoms with van der Waals surface area (Å²) in [6.45, 7) is 0. The molecule has 0 saturated heterocycles. The maximum absolute atomic E-state index is 13.7. The molecule has 2 saturated carbocycles. The Morgan fingerprint density at radius 3 is 2.45 bits per heavy atom. The highest BCUT2D eigenvalue weighted by Gasteiger charge is 2.53. The third-order valence-electron chi connectivity index (χ3n) is 4.27. The van der Waals surface area contributed by atoms with Crippen LogP contribution < -0.4 is 16.2 Å². The molecular formula is C14H16F2N2O2. The van der Waals surface area contributed by atoms with Gasteiger partial charge in [-0.2, -0.15) is 0 Å². The number of rotatable bonds is 3. The summed E-state index contributed by atoms with van der Waals surface area (Å²) in [6.07, 6.45) is 3.33. The number of primary amides is 1. The van der Waals surface area contributed by atoms with E-state index in [0.29, 0.717) is 6.07 Å². The number of benzene rings is 1. The molecule has 6 heteroatoms. The van der Waals surface area contributed by atoms with E-state index in [0.717, 1.165) is 31.7 Å². The molecule has 1 amide bonds. The minimum atomic E-state index is -0.905. The van der Waals surface area contributed by atoms with Gasteiger partial charge in [0.05, 0.1) is 11.7 Å². The summed E-state index contributed by atoms with van der Waals surface area (Å²) in [5, 5.41) is 0. The standard InChI is InChI=1S/C14H16F2N2O2/c15-7-1-10(13(18)19)12(11(16)2-7)20-9-5-14(6-9)3-8(17)4-14/h1-2,8-9H,3-6,17H2,(H2,18,19). The van der Waals surface area contributed by atoms with Gasteiger partial charge in [-0.1, -0.05) is 0 Å². The lowest BCUT2D eigenvalue weighted by Crippen LogP contribution is -2.56. The zero-order valence-corrected chi connectivity index (χ0v) is 10.9. The number of carbonyl (C=O) groups excluding carboxylic acids is 1. The van der Waals surface area contributed by atoms with Gasteiger partial charge in [-0.3, -0.25) is 4.79 Å². The first-order valence-corrected chi connectivity index (χ1v) is 6.60. The van der Waals surface area contributed by atoms with E-state index < -0.39 is 17.5 Å². The highest BCUT2D eigenvalue weighted by atomic mass is 19.1. The molecule has 4 N–H and O–H groups in total. The predicted octanol–water partition coefficient (Wildman–Crippen LogP) is 1.71. The maximum Gasteiger partial charge on any atom is 0.252 e. The summed E-state index contributed by atoms with van der Waals surface area (Å²) in [4.78, 5) is 11.2. The number of hydrogen-bond acceptors (Lipinski definition) is 3. The van der Waals surface area contributed by atoms with Gasteiger partial charge in [0, 0.05) is 12.1 Å². The normalized spacial score (nSPS) is 31.6. The number of halogens is 2. The third kappa shape index (κ3) is 2.14. The first-order valence-electron chi connectivity index (χ1n) is 6.60. The first kappa shape index (κ1) is 13.3. The summed E-state index contributed by atoms with van der Waals surface area (Å²) >= 11 is 0. The minimum absolute atomic E-state index is 0.166. The van der Waals surface area contributed by atoms with Crippen molar-refractivity contribution < 1.29 is 18.3 Å². The van der Waals surface area contributed by atoms with Crippen LogP contribution in [0.4, 0.5) is 8.78 Å².